The van der Waals surface area contributed by atoms with Crippen LogP contribution in [-0.4, -0.2) is 246 Å². The molecule has 3 fully saturated rings. The number of ether oxygens (including phenoxy) is 4. The van der Waals surface area contributed by atoms with Crippen LogP contribution in [0.2, 0.25) is 0 Å². The molecule has 9 unspecified atom stereocenters. The van der Waals surface area contributed by atoms with E-state index in [-0.39, 0.29) is 25.1 Å². The molecule has 3 heterocycles. The van der Waals surface area contributed by atoms with Crippen molar-refractivity contribution in [2.24, 2.45) is 23.5 Å². The Morgan fingerprint density at radius 2 is 1.09 bits per heavy atom. The Labute approximate surface area is 509 Å². The summed E-state index contributed by atoms with van der Waals surface area (Å²) < 4.78 is 23.2. The molecule has 0 radical (unpaired) electrons. The van der Waals surface area contributed by atoms with Gasteiger partial charge in [-0.05, 0) is 76.0 Å². The molecule has 0 aromatic heterocycles. The number of rotatable bonds is 29. The fraction of sp³-hybridized carbons (Fsp3) is 0.714. The molecule has 3 aliphatic rings. The number of phenols is 1. The van der Waals surface area contributed by atoms with Crippen LogP contribution in [0.1, 0.15) is 94.6 Å². The summed E-state index contributed by atoms with van der Waals surface area (Å²) in [5.74, 6) is -10.1. The third-order valence-electron chi connectivity index (χ3n) is 15.3. The number of nitrogens with one attached hydrogen (secondary N) is 8. The van der Waals surface area contributed by atoms with Crippen molar-refractivity contribution in [3.05, 3.63) is 29.8 Å². The lowest BCUT2D eigenvalue weighted by Gasteiger charge is -2.48. The van der Waals surface area contributed by atoms with E-state index in [1.807, 2.05) is 0 Å². The first kappa shape index (κ1) is 73.7. The van der Waals surface area contributed by atoms with Gasteiger partial charge in [-0.25, -0.2) is 0 Å². The van der Waals surface area contributed by atoms with Crippen LogP contribution in [0.3, 0.4) is 0 Å². The Hall–Kier alpha value is -6.72. The molecule has 4 rings (SSSR count). The van der Waals surface area contributed by atoms with Gasteiger partial charge in [-0.2, -0.15) is 0 Å². The summed E-state index contributed by atoms with van der Waals surface area (Å²) in [6, 6.07) is -7.61. The lowest BCUT2D eigenvalue weighted by Crippen LogP contribution is -2.68. The number of nitrogens with zero attached hydrogens (tertiary/aromatic N) is 1. The lowest BCUT2D eigenvalue weighted by molar-refractivity contribution is -0.347. The average Bonchev–Trinajstić information content (AvgIpc) is 3.47. The van der Waals surface area contributed by atoms with Gasteiger partial charge in [0, 0.05) is 19.9 Å². The van der Waals surface area contributed by atoms with Gasteiger partial charge >= 0.3 is 5.97 Å². The fourth-order valence-electron chi connectivity index (χ4n) is 9.93. The number of carboxylic acid groups (broad SMARTS) is 1. The molecule has 18 N–H and O–H groups in total. The van der Waals surface area contributed by atoms with E-state index in [2.05, 4.69) is 42.5 Å². The maximum absolute atomic E-state index is 14.6. The molecule has 9 amide bonds. The van der Waals surface area contributed by atoms with Gasteiger partial charge in [-0.15, -0.1) is 0 Å². The van der Waals surface area contributed by atoms with Crippen LogP contribution < -0.4 is 48.3 Å². The molecule has 0 saturated carbocycles. The number of phenolic OH excluding ortho intramolecular Hbond substituents is 1. The van der Waals surface area contributed by atoms with E-state index >= 15 is 0 Å². The Morgan fingerprint density at radius 3 is 1.60 bits per heavy atom. The van der Waals surface area contributed by atoms with E-state index < -0.39 is 212 Å². The first-order valence-electron chi connectivity index (χ1n) is 29.2. The minimum Gasteiger partial charge on any atom is -0.508 e. The maximum Gasteiger partial charge on any atom is 0.325 e. The Bertz CT molecular complexity index is 2580. The average molecular weight is 1260 g/mol. The van der Waals surface area contributed by atoms with Crippen molar-refractivity contribution in [3.63, 3.8) is 0 Å². The summed E-state index contributed by atoms with van der Waals surface area (Å²) in [6.07, 6.45) is -16.7. The number of hydrogen-bond acceptors (Lipinski definition) is 22. The number of carbonyl (C=O) groups excluding carboxylic acids is 9. The van der Waals surface area contributed by atoms with E-state index in [9.17, 15) is 88.8 Å². The molecular formula is C56H90N10O22. The smallest absolute Gasteiger partial charge is 0.325 e. The maximum atomic E-state index is 14.6. The molecule has 88 heavy (non-hydrogen) atoms. The van der Waals surface area contributed by atoms with Crippen LogP contribution >= 0.6 is 0 Å². The van der Waals surface area contributed by atoms with Crippen LogP contribution in [0.25, 0.3) is 0 Å². The standard InChI is InChI=1S/C56H90N10O22/c1-22(2)37(50(79)60-27(9)54(83)84)64-52(81)39(24(5)6)65-51(80)38(23(3)4)63-47(76)26(8)58-46(75)25(7)59-48(77)33-13-12-18-66(33)53(82)32(19-30-14-16-31(70)17-15-30)62-49(78)36(57)28(10)85-55-40(61-29(11)69)45(42(72)35(21-68)86-55)88-56-44(74)43(73)41(71)34(20-67)87-56/h14-17,22-28,32-45,55-56,67-68,70-74H,12-13,18-21,57H2,1-11H3,(H,58,75)(H,59,77)(H,60,79)(H,61,69)(H,62,78)(H,63,76)(H,64,81)(H,65,80)(H,83,84)/t25?,26-,27-,28?,32?,33-,34?,35?,36-,37?,38?,39-,40?,41-,42-,43?,44-,45+,55-,56-/m0/s1. The molecule has 1 aromatic rings. The van der Waals surface area contributed by atoms with Crippen LogP contribution in [0.4, 0.5) is 0 Å². The van der Waals surface area contributed by atoms with Crippen molar-refractivity contribution in [2.75, 3.05) is 19.8 Å². The third kappa shape index (κ3) is 19.6. The van der Waals surface area contributed by atoms with E-state index in [0.717, 1.165) is 6.92 Å². The Balaban J connectivity index is 1.44. The molecule has 20 atom stereocenters. The van der Waals surface area contributed by atoms with Gasteiger partial charge in [-0.3, -0.25) is 47.9 Å². The summed E-state index contributed by atoms with van der Waals surface area (Å²) in [5.41, 5.74) is 6.91. The predicted octanol–water partition coefficient (Wildman–Crippen LogP) is -6.07. The van der Waals surface area contributed by atoms with Gasteiger partial charge in [0.25, 0.3) is 0 Å². The van der Waals surface area contributed by atoms with Crippen LogP contribution in [0.5, 0.6) is 5.75 Å². The lowest BCUT2D eigenvalue weighted by atomic mass is 9.95. The molecular weight excluding hydrogens is 1160 g/mol. The normalized spacial score (nSPS) is 26.8. The number of aromatic hydroxyl groups is 1. The number of amides is 9. The zero-order chi connectivity index (χ0) is 66.3. The van der Waals surface area contributed by atoms with Gasteiger partial charge < -0.3 is 113 Å². The molecule has 0 aliphatic carbocycles. The quantitative estimate of drug-likeness (QED) is 0.0355. The zero-order valence-electron chi connectivity index (χ0n) is 51.1. The highest BCUT2D eigenvalue weighted by Crippen LogP contribution is 2.31. The van der Waals surface area contributed by atoms with Gasteiger partial charge in [0.2, 0.25) is 53.2 Å². The molecule has 32 heteroatoms. The van der Waals surface area contributed by atoms with E-state index in [0.29, 0.717) is 12.0 Å². The number of carboxylic acids is 1. The zero-order valence-corrected chi connectivity index (χ0v) is 51.1. The van der Waals surface area contributed by atoms with Gasteiger partial charge in [0.05, 0.1) is 19.3 Å². The molecule has 32 nitrogen and oxygen atoms in total. The summed E-state index contributed by atoms with van der Waals surface area (Å²) in [5, 5.41) is 102. The second-order valence-corrected chi connectivity index (χ2v) is 23.4. The van der Waals surface area contributed by atoms with Gasteiger partial charge in [0.1, 0.15) is 109 Å². The molecule has 496 valence electrons. The number of aliphatic carboxylic acids is 1. The summed E-state index contributed by atoms with van der Waals surface area (Å²) in [4.78, 5) is 135. The van der Waals surface area contributed by atoms with Crippen molar-refractivity contribution in [1.82, 2.24) is 47.4 Å². The molecule has 0 bridgehead atoms. The summed E-state index contributed by atoms with van der Waals surface area (Å²) in [7, 11) is 0. The van der Waals surface area contributed by atoms with Crippen LogP contribution in [-0.2, 0) is 73.3 Å². The Kier molecular flexibility index (Phi) is 27.8. The number of aliphatic hydroxyl groups excluding tert-OH is 6. The van der Waals surface area contributed by atoms with Crippen molar-refractivity contribution in [3.8, 4) is 5.75 Å². The number of nitrogens with two attached hydrogens (primary N) is 1. The van der Waals surface area contributed by atoms with Gasteiger partial charge in [0.15, 0.2) is 12.6 Å². The van der Waals surface area contributed by atoms with Crippen molar-refractivity contribution >= 4 is 59.1 Å². The van der Waals surface area contributed by atoms with E-state index in [4.69, 9.17) is 24.7 Å². The third-order valence-corrected chi connectivity index (χ3v) is 15.3. The highest BCUT2D eigenvalue weighted by Gasteiger charge is 2.52. The van der Waals surface area contributed by atoms with Crippen molar-refractivity contribution in [2.45, 2.75) is 217 Å². The SMILES string of the molecule is CC(=O)NC1[C@@H](OC(C)[C@H](N)C(=O)NC(Cc2ccc(O)cc2)C(=O)N2CCC[C@H]2C(=O)NC(C)C(=O)N[C@@H](C)C(=O)NC(C(=O)N[C@H](C(=O)NC(C(=O)N[C@@H](C)C(=O)O)C(C)C)C(C)C)C(C)C)OC(CO)[C@H](O)[C@@H]1O[C@@H]1OC(CO)[C@H](O)C(O)[C@@H]1O. The van der Waals surface area contributed by atoms with E-state index in [1.54, 1.807) is 41.5 Å². The Morgan fingerprint density at radius 1 is 0.614 bits per heavy atom. The minimum absolute atomic E-state index is 0.0206. The second kappa shape index (κ2) is 33.2. The first-order valence-corrected chi connectivity index (χ1v) is 29.2. The number of benzene rings is 1. The highest BCUT2D eigenvalue weighted by molar-refractivity contribution is 5.98. The second-order valence-electron chi connectivity index (χ2n) is 23.4. The van der Waals surface area contributed by atoms with Crippen molar-refractivity contribution < 1.29 is 108 Å². The number of aliphatic hydroxyl groups is 6. The monoisotopic (exact) mass is 1250 g/mol. The number of hydrogen-bond donors (Lipinski definition) is 17. The number of likely N-dealkylation sites (tertiary alicyclic amines) is 1. The summed E-state index contributed by atoms with van der Waals surface area (Å²) in [6.45, 7) is 14.5. The van der Waals surface area contributed by atoms with Crippen LogP contribution in [0, 0.1) is 17.8 Å². The highest BCUT2D eigenvalue weighted by atomic mass is 16.7. The van der Waals surface area contributed by atoms with E-state index in [1.165, 1.54) is 56.9 Å². The molecule has 1 aromatic carbocycles. The largest absolute Gasteiger partial charge is 0.508 e. The van der Waals surface area contributed by atoms with Crippen molar-refractivity contribution in [1.29, 1.82) is 0 Å². The molecule has 3 aliphatic heterocycles. The summed E-state index contributed by atoms with van der Waals surface area (Å²) >= 11 is 0. The first-order chi connectivity index (χ1) is 41.1. The topological polar surface area (TPSA) is 495 Å². The predicted molar refractivity (Wildman–Crippen MR) is 306 cm³/mol. The molecule has 0 spiro atoms. The fourth-order valence-corrected chi connectivity index (χ4v) is 9.93. The van der Waals surface area contributed by atoms with Gasteiger partial charge in [-0.1, -0.05) is 53.7 Å². The van der Waals surface area contributed by atoms with Crippen LogP contribution in [0.15, 0.2) is 24.3 Å². The number of carbonyl (C=O) groups is 10. The molecule has 3 saturated heterocycles. The minimum atomic E-state index is -1.95.